The quantitative estimate of drug-likeness (QED) is 0.674. The number of benzene rings is 2. The van der Waals surface area contributed by atoms with Crippen molar-refractivity contribution in [3.8, 4) is 0 Å². The van der Waals surface area contributed by atoms with Crippen LogP contribution in [0.5, 0.6) is 0 Å². The molecule has 1 nitrogen and oxygen atoms in total. The van der Waals surface area contributed by atoms with Crippen molar-refractivity contribution in [3.63, 3.8) is 0 Å². The van der Waals surface area contributed by atoms with Crippen molar-refractivity contribution in [2.24, 2.45) is 5.92 Å². The molecule has 2 aliphatic rings. The first-order valence-corrected chi connectivity index (χ1v) is 8.00. The smallest absolute Gasteiger partial charge is 0.123 e. The molecule has 3 heteroatoms. The number of rotatable bonds is 1. The van der Waals surface area contributed by atoms with Gasteiger partial charge in [0.25, 0.3) is 0 Å². The lowest BCUT2D eigenvalue weighted by atomic mass is 9.76. The molecule has 2 aromatic carbocycles. The second kappa shape index (κ2) is 5.13. The normalized spacial score (nSPS) is 25.5. The molecule has 0 fully saturated rings. The summed E-state index contributed by atoms with van der Waals surface area (Å²) < 4.78 is 13.6. The van der Waals surface area contributed by atoms with Gasteiger partial charge in [0.1, 0.15) is 5.82 Å². The van der Waals surface area contributed by atoms with Crippen LogP contribution in [0, 0.1) is 18.7 Å². The van der Waals surface area contributed by atoms with Gasteiger partial charge in [-0.15, -0.1) is 0 Å². The Morgan fingerprint density at radius 3 is 2.91 bits per heavy atom. The van der Waals surface area contributed by atoms with Gasteiger partial charge in [0, 0.05) is 16.6 Å². The van der Waals surface area contributed by atoms with Crippen LogP contribution in [0.1, 0.15) is 35.1 Å². The van der Waals surface area contributed by atoms with Gasteiger partial charge in [-0.1, -0.05) is 35.9 Å². The van der Waals surface area contributed by atoms with Crippen molar-refractivity contribution in [2.75, 3.05) is 5.32 Å². The van der Waals surface area contributed by atoms with E-state index in [9.17, 15) is 4.39 Å². The lowest BCUT2D eigenvalue weighted by Gasteiger charge is -2.38. The lowest BCUT2D eigenvalue weighted by molar-refractivity contribution is 0.424. The van der Waals surface area contributed by atoms with Crippen LogP contribution in [0.25, 0.3) is 0 Å². The maximum atomic E-state index is 13.6. The molecule has 0 saturated carbocycles. The zero-order valence-corrected chi connectivity index (χ0v) is 13.1. The predicted molar refractivity (Wildman–Crippen MR) is 88.9 cm³/mol. The minimum atomic E-state index is -0.180. The average molecular weight is 314 g/mol. The molecule has 1 N–H and O–H groups in total. The van der Waals surface area contributed by atoms with Crippen LogP contribution >= 0.6 is 11.6 Å². The molecule has 22 heavy (non-hydrogen) atoms. The summed E-state index contributed by atoms with van der Waals surface area (Å²) in [6.45, 7) is 2.07. The second-order valence-corrected chi connectivity index (χ2v) is 6.65. The Bertz CT molecular complexity index is 768. The van der Waals surface area contributed by atoms with E-state index in [1.807, 2.05) is 12.1 Å². The number of halogens is 2. The fourth-order valence-corrected chi connectivity index (χ4v) is 4.15. The zero-order valence-electron chi connectivity index (χ0n) is 12.3. The molecule has 0 saturated heterocycles. The Morgan fingerprint density at radius 2 is 2.09 bits per heavy atom. The standard InChI is InChI=1S/C19H17ClFN/c1-11-8-13(20)10-17-15-6-3-7-16(15)19(22-18(11)17)12-4-2-5-14(21)9-12/h2-6,8-10,15-16,19,22H,7H2,1H3/t15-,16-,19-/m1/s1. The van der Waals surface area contributed by atoms with Gasteiger partial charge in [-0.05, 0) is 60.2 Å². The Kier molecular flexibility index (Phi) is 3.23. The van der Waals surface area contributed by atoms with Crippen LogP contribution < -0.4 is 5.32 Å². The first kappa shape index (κ1) is 13.8. The van der Waals surface area contributed by atoms with Gasteiger partial charge < -0.3 is 5.32 Å². The number of allylic oxidation sites excluding steroid dienone is 2. The van der Waals surface area contributed by atoms with Gasteiger partial charge in [0.05, 0.1) is 6.04 Å². The third kappa shape index (κ3) is 2.14. The maximum absolute atomic E-state index is 13.6. The van der Waals surface area contributed by atoms with E-state index in [1.54, 1.807) is 12.1 Å². The highest BCUT2D eigenvalue weighted by molar-refractivity contribution is 6.30. The Morgan fingerprint density at radius 1 is 1.23 bits per heavy atom. The molecule has 4 rings (SSSR count). The van der Waals surface area contributed by atoms with Gasteiger partial charge in [0.15, 0.2) is 0 Å². The van der Waals surface area contributed by atoms with E-state index >= 15 is 0 Å². The second-order valence-electron chi connectivity index (χ2n) is 6.22. The highest BCUT2D eigenvalue weighted by atomic mass is 35.5. The van der Waals surface area contributed by atoms with Crippen LogP contribution in [0.4, 0.5) is 10.1 Å². The molecular weight excluding hydrogens is 297 g/mol. The number of nitrogens with one attached hydrogen (secondary N) is 1. The van der Waals surface area contributed by atoms with E-state index in [4.69, 9.17) is 11.6 Å². The molecule has 0 amide bonds. The third-order valence-corrected chi connectivity index (χ3v) is 5.06. The first-order chi connectivity index (χ1) is 10.6. The molecule has 0 bridgehead atoms. The van der Waals surface area contributed by atoms with Crippen molar-refractivity contribution in [3.05, 3.63) is 76.1 Å². The van der Waals surface area contributed by atoms with Crippen LogP contribution in [-0.2, 0) is 0 Å². The van der Waals surface area contributed by atoms with Crippen LogP contribution in [0.15, 0.2) is 48.6 Å². The maximum Gasteiger partial charge on any atom is 0.123 e. The van der Waals surface area contributed by atoms with E-state index in [0.717, 1.165) is 28.3 Å². The van der Waals surface area contributed by atoms with Crippen LogP contribution in [0.3, 0.4) is 0 Å². The summed E-state index contributed by atoms with van der Waals surface area (Å²) in [5, 5.41) is 4.42. The molecule has 0 aromatic heterocycles. The van der Waals surface area contributed by atoms with E-state index in [-0.39, 0.29) is 11.9 Å². The fraction of sp³-hybridized carbons (Fsp3) is 0.263. The summed E-state index contributed by atoms with van der Waals surface area (Å²) in [7, 11) is 0. The summed E-state index contributed by atoms with van der Waals surface area (Å²) >= 11 is 6.25. The minimum Gasteiger partial charge on any atom is -0.377 e. The number of fused-ring (bicyclic) bond motifs is 3. The molecule has 0 spiro atoms. The average Bonchev–Trinajstić information content (AvgIpc) is 2.96. The van der Waals surface area contributed by atoms with Gasteiger partial charge >= 0.3 is 0 Å². The van der Waals surface area contributed by atoms with Crippen molar-refractivity contribution < 1.29 is 4.39 Å². The van der Waals surface area contributed by atoms with Crippen LogP contribution in [0.2, 0.25) is 5.02 Å². The molecule has 2 aromatic rings. The largest absolute Gasteiger partial charge is 0.377 e. The Hall–Kier alpha value is -1.80. The molecule has 0 unspecified atom stereocenters. The lowest BCUT2D eigenvalue weighted by Crippen LogP contribution is -2.29. The van der Waals surface area contributed by atoms with Gasteiger partial charge in [0.2, 0.25) is 0 Å². The molecular formula is C19H17ClFN. The van der Waals surface area contributed by atoms with E-state index in [0.29, 0.717) is 11.8 Å². The van der Waals surface area contributed by atoms with Crippen molar-refractivity contribution in [1.82, 2.24) is 0 Å². The molecule has 1 aliphatic heterocycles. The molecule has 3 atom stereocenters. The monoisotopic (exact) mass is 313 g/mol. The minimum absolute atomic E-state index is 0.128. The summed E-state index contributed by atoms with van der Waals surface area (Å²) in [5.41, 5.74) is 4.56. The van der Waals surface area contributed by atoms with Crippen LogP contribution in [-0.4, -0.2) is 0 Å². The Labute approximate surface area is 134 Å². The molecule has 1 heterocycles. The summed E-state index contributed by atoms with van der Waals surface area (Å²) in [5.74, 6) is 0.578. The first-order valence-electron chi connectivity index (χ1n) is 7.62. The number of anilines is 1. The summed E-state index contributed by atoms with van der Waals surface area (Å²) in [6, 6.07) is 11.1. The van der Waals surface area contributed by atoms with E-state index < -0.39 is 0 Å². The zero-order chi connectivity index (χ0) is 15.3. The Balaban J connectivity index is 1.84. The van der Waals surface area contributed by atoms with E-state index in [2.05, 4.69) is 30.5 Å². The molecule has 1 aliphatic carbocycles. The number of hydrogen-bond donors (Lipinski definition) is 1. The topological polar surface area (TPSA) is 12.0 Å². The molecule has 0 radical (unpaired) electrons. The van der Waals surface area contributed by atoms with E-state index in [1.165, 1.54) is 11.6 Å². The number of hydrogen-bond acceptors (Lipinski definition) is 1. The van der Waals surface area contributed by atoms with Gasteiger partial charge in [-0.25, -0.2) is 4.39 Å². The summed E-state index contributed by atoms with van der Waals surface area (Å²) in [4.78, 5) is 0. The van der Waals surface area contributed by atoms with Crippen molar-refractivity contribution in [1.29, 1.82) is 0 Å². The summed E-state index contributed by atoms with van der Waals surface area (Å²) in [6.07, 6.45) is 5.50. The van der Waals surface area contributed by atoms with Gasteiger partial charge in [-0.3, -0.25) is 0 Å². The predicted octanol–water partition coefficient (Wildman–Crippen LogP) is 5.61. The van der Waals surface area contributed by atoms with Gasteiger partial charge in [-0.2, -0.15) is 0 Å². The SMILES string of the molecule is Cc1cc(Cl)cc2c1N[C@H](c1cccc(F)c1)[C@@H]1CC=C[C@@H]21. The highest BCUT2D eigenvalue weighted by Gasteiger charge is 2.38. The van der Waals surface area contributed by atoms with Crippen molar-refractivity contribution >= 4 is 17.3 Å². The third-order valence-electron chi connectivity index (χ3n) is 4.84. The van der Waals surface area contributed by atoms with Crippen molar-refractivity contribution in [2.45, 2.75) is 25.3 Å². The highest BCUT2D eigenvalue weighted by Crippen LogP contribution is 2.51. The fourth-order valence-electron chi connectivity index (χ4n) is 3.87. The number of aryl methyl sites for hydroxylation is 1. The molecule has 112 valence electrons.